The van der Waals surface area contributed by atoms with E-state index in [1.807, 2.05) is 13.0 Å². The van der Waals surface area contributed by atoms with Gasteiger partial charge >= 0.3 is 0 Å². The molecule has 1 unspecified atom stereocenters. The average Bonchev–Trinajstić information content (AvgIpc) is 1.64. The molecule has 0 N–H and O–H groups in total. The van der Waals surface area contributed by atoms with Crippen LogP contribution in [-0.2, 0) is 15.3 Å². The van der Waals surface area contributed by atoms with E-state index in [0.29, 0.717) is 12.4 Å². The molecule has 46 valence electrons. The third-order valence-corrected chi connectivity index (χ3v) is 2.07. The Kier molecular flexibility index (Phi) is 1.81. The van der Waals surface area contributed by atoms with Gasteiger partial charge in [-0.25, -0.2) is 4.21 Å². The summed E-state index contributed by atoms with van der Waals surface area (Å²) < 4.78 is 15.3. The van der Waals surface area contributed by atoms with Crippen molar-refractivity contribution in [2.24, 2.45) is 0 Å². The minimum Gasteiger partial charge on any atom is -0.286 e. The molecule has 3 heteroatoms. The summed E-state index contributed by atoms with van der Waals surface area (Å²) in [5.74, 6) is 0.583. The highest BCUT2D eigenvalue weighted by Gasteiger charge is 2.04. The molecule has 0 aromatic carbocycles. The van der Waals surface area contributed by atoms with Crippen LogP contribution in [0.4, 0.5) is 0 Å². The molecule has 1 atom stereocenters. The second kappa shape index (κ2) is 2.42. The quantitative estimate of drug-likeness (QED) is 0.452. The van der Waals surface area contributed by atoms with Crippen molar-refractivity contribution in [3.63, 3.8) is 0 Å². The van der Waals surface area contributed by atoms with E-state index in [4.69, 9.17) is 4.18 Å². The summed E-state index contributed by atoms with van der Waals surface area (Å²) in [6.45, 7) is 2.47. The molecule has 0 amide bonds. The van der Waals surface area contributed by atoms with E-state index in [9.17, 15) is 4.21 Å². The van der Waals surface area contributed by atoms with Gasteiger partial charge in [-0.1, -0.05) is 11.6 Å². The molecule has 0 bridgehead atoms. The lowest BCUT2D eigenvalue weighted by Gasteiger charge is -2.06. The summed E-state index contributed by atoms with van der Waals surface area (Å²) in [4.78, 5) is 0. The zero-order valence-corrected chi connectivity index (χ0v) is 5.53. The van der Waals surface area contributed by atoms with Crippen molar-refractivity contribution in [2.45, 2.75) is 6.92 Å². The van der Waals surface area contributed by atoms with Gasteiger partial charge in [0.2, 0.25) is 0 Å². The Morgan fingerprint density at radius 1 is 1.88 bits per heavy atom. The third-order valence-electron chi connectivity index (χ3n) is 0.977. The Balaban J connectivity index is 2.57. The largest absolute Gasteiger partial charge is 0.286 e. The molecule has 1 aliphatic rings. The molecule has 8 heavy (non-hydrogen) atoms. The average molecular weight is 132 g/mol. The predicted octanol–water partition coefficient (Wildman–Crippen LogP) is 0.627. The van der Waals surface area contributed by atoms with E-state index < -0.39 is 11.1 Å². The topological polar surface area (TPSA) is 26.3 Å². The highest BCUT2D eigenvalue weighted by molar-refractivity contribution is 7.80. The zero-order chi connectivity index (χ0) is 5.98. The predicted molar refractivity (Wildman–Crippen MR) is 32.7 cm³/mol. The van der Waals surface area contributed by atoms with Crippen LogP contribution in [0, 0.1) is 0 Å². The highest BCUT2D eigenvalue weighted by atomic mass is 32.2. The maximum Gasteiger partial charge on any atom is 0.159 e. The van der Waals surface area contributed by atoms with Gasteiger partial charge in [-0.3, -0.25) is 4.18 Å². The molecule has 0 spiro atoms. The van der Waals surface area contributed by atoms with Gasteiger partial charge < -0.3 is 0 Å². The van der Waals surface area contributed by atoms with Gasteiger partial charge in [0.1, 0.15) is 0 Å². The number of hydrogen-bond donors (Lipinski definition) is 0. The summed E-state index contributed by atoms with van der Waals surface area (Å²) in [6, 6.07) is 0. The van der Waals surface area contributed by atoms with Gasteiger partial charge in [0.25, 0.3) is 0 Å². The van der Waals surface area contributed by atoms with E-state index in [1.165, 1.54) is 0 Å². The van der Waals surface area contributed by atoms with Crippen molar-refractivity contribution in [1.29, 1.82) is 0 Å². The zero-order valence-electron chi connectivity index (χ0n) is 4.72. The molecule has 0 radical (unpaired) electrons. The van der Waals surface area contributed by atoms with Gasteiger partial charge in [-0.15, -0.1) is 0 Å². The lowest BCUT2D eigenvalue weighted by atomic mass is 10.3. The SMILES string of the molecule is CC1=CCOS(=O)C1. The molecule has 1 heterocycles. The molecule has 0 aromatic heterocycles. The van der Waals surface area contributed by atoms with Crippen molar-refractivity contribution in [3.05, 3.63) is 11.6 Å². The third kappa shape index (κ3) is 1.42. The first kappa shape index (κ1) is 5.98. The van der Waals surface area contributed by atoms with Crippen molar-refractivity contribution >= 4 is 11.1 Å². The highest BCUT2D eigenvalue weighted by Crippen LogP contribution is 2.03. The standard InChI is InChI=1S/C5H8O2S/c1-5-2-3-7-8(6)4-5/h2H,3-4H2,1H3. The minimum absolute atomic E-state index is 0.512. The first-order valence-corrected chi connectivity index (χ1v) is 3.71. The van der Waals surface area contributed by atoms with E-state index in [2.05, 4.69) is 0 Å². The number of rotatable bonds is 0. The molecule has 1 rings (SSSR count). The number of hydrogen-bond acceptors (Lipinski definition) is 2. The first-order chi connectivity index (χ1) is 3.79. The maximum atomic E-state index is 10.5. The van der Waals surface area contributed by atoms with Crippen molar-refractivity contribution in [2.75, 3.05) is 12.4 Å². The smallest absolute Gasteiger partial charge is 0.159 e. The summed E-state index contributed by atoms with van der Waals surface area (Å²) in [5, 5.41) is 0. The van der Waals surface area contributed by atoms with E-state index in [1.54, 1.807) is 0 Å². The van der Waals surface area contributed by atoms with Crippen LogP contribution in [-0.4, -0.2) is 16.6 Å². The molecule has 0 saturated heterocycles. The molecular formula is C5H8O2S. The summed E-state index contributed by atoms with van der Waals surface area (Å²) in [5.41, 5.74) is 1.16. The molecule has 0 aliphatic carbocycles. The van der Waals surface area contributed by atoms with Gasteiger partial charge in [-0.05, 0) is 6.92 Å². The summed E-state index contributed by atoms with van der Waals surface area (Å²) in [6.07, 6.45) is 1.95. The Labute approximate surface area is 51.2 Å². The van der Waals surface area contributed by atoms with Crippen LogP contribution < -0.4 is 0 Å². The fourth-order valence-corrected chi connectivity index (χ4v) is 1.33. The fourth-order valence-electron chi connectivity index (χ4n) is 0.539. The molecule has 0 saturated carbocycles. The molecule has 0 aromatic rings. The van der Waals surface area contributed by atoms with Gasteiger partial charge in [0.05, 0.1) is 12.4 Å². The van der Waals surface area contributed by atoms with E-state index in [0.717, 1.165) is 5.57 Å². The van der Waals surface area contributed by atoms with Gasteiger partial charge in [-0.2, -0.15) is 0 Å². The van der Waals surface area contributed by atoms with E-state index in [-0.39, 0.29) is 0 Å². The van der Waals surface area contributed by atoms with Crippen LogP contribution in [0.3, 0.4) is 0 Å². The van der Waals surface area contributed by atoms with Crippen LogP contribution in [0.5, 0.6) is 0 Å². The lowest BCUT2D eigenvalue weighted by Crippen LogP contribution is -2.09. The lowest BCUT2D eigenvalue weighted by molar-refractivity contribution is 0.389. The van der Waals surface area contributed by atoms with Crippen molar-refractivity contribution in [3.8, 4) is 0 Å². The normalized spacial score (nSPS) is 29.6. The molecule has 0 fully saturated rings. The molecule has 1 aliphatic heterocycles. The monoisotopic (exact) mass is 132 g/mol. The molecule has 2 nitrogen and oxygen atoms in total. The van der Waals surface area contributed by atoms with Crippen LogP contribution >= 0.6 is 0 Å². The Bertz CT molecular complexity index is 139. The van der Waals surface area contributed by atoms with Crippen LogP contribution in [0.25, 0.3) is 0 Å². The minimum atomic E-state index is -1.04. The van der Waals surface area contributed by atoms with Crippen molar-refractivity contribution < 1.29 is 8.39 Å². The Morgan fingerprint density at radius 2 is 2.62 bits per heavy atom. The van der Waals surface area contributed by atoms with Gasteiger partial charge in [0.15, 0.2) is 11.1 Å². The second-order valence-corrected chi connectivity index (χ2v) is 2.91. The van der Waals surface area contributed by atoms with Gasteiger partial charge in [0, 0.05) is 0 Å². The first-order valence-electron chi connectivity index (χ1n) is 2.46. The van der Waals surface area contributed by atoms with E-state index >= 15 is 0 Å². The maximum absolute atomic E-state index is 10.5. The van der Waals surface area contributed by atoms with Crippen LogP contribution in [0.2, 0.25) is 0 Å². The Hall–Kier alpha value is -0.150. The molecular weight excluding hydrogens is 124 g/mol. The second-order valence-electron chi connectivity index (χ2n) is 1.78. The van der Waals surface area contributed by atoms with Crippen LogP contribution in [0.1, 0.15) is 6.92 Å². The summed E-state index contributed by atoms with van der Waals surface area (Å²) >= 11 is -1.04. The van der Waals surface area contributed by atoms with Crippen LogP contribution in [0.15, 0.2) is 11.6 Å². The van der Waals surface area contributed by atoms with Crippen molar-refractivity contribution in [1.82, 2.24) is 0 Å². The summed E-state index contributed by atoms with van der Waals surface area (Å²) in [7, 11) is 0. The Morgan fingerprint density at radius 3 is 3.00 bits per heavy atom. The fraction of sp³-hybridized carbons (Fsp3) is 0.600.